The lowest BCUT2D eigenvalue weighted by molar-refractivity contribution is -0.116. The molecule has 0 saturated carbocycles. The number of carbonyl (C=O) groups is 1. The molecule has 22 heavy (non-hydrogen) atoms. The van der Waals surface area contributed by atoms with Crippen LogP contribution in [-0.4, -0.2) is 12.1 Å². The molecule has 1 amide bonds. The standard InChI is InChI=1S/C19H27NO2/c1-5-6-7-8-17-20-18(21)16(22-17)13-14-9-11-15(12-10-14)19(2,3)4/h9-13,17H,5-8H2,1-4H3,(H,20,21)/b16-13-. The van der Waals surface area contributed by atoms with Gasteiger partial charge in [0.2, 0.25) is 0 Å². The van der Waals surface area contributed by atoms with E-state index < -0.39 is 0 Å². The molecule has 0 radical (unpaired) electrons. The Morgan fingerprint density at radius 3 is 2.45 bits per heavy atom. The van der Waals surface area contributed by atoms with Gasteiger partial charge in [-0.15, -0.1) is 0 Å². The molecule has 1 atom stereocenters. The fraction of sp³-hybridized carbons (Fsp3) is 0.526. The summed E-state index contributed by atoms with van der Waals surface area (Å²) < 4.78 is 5.72. The molecule has 1 heterocycles. The normalized spacial score (nSPS) is 20.1. The molecule has 3 heteroatoms. The van der Waals surface area contributed by atoms with Crippen LogP contribution in [0.5, 0.6) is 0 Å². The molecular weight excluding hydrogens is 274 g/mol. The Balaban J connectivity index is 2.02. The molecule has 1 aromatic rings. The van der Waals surface area contributed by atoms with Gasteiger partial charge >= 0.3 is 0 Å². The third-order valence-electron chi connectivity index (χ3n) is 3.93. The van der Waals surface area contributed by atoms with Crippen molar-refractivity contribution in [1.82, 2.24) is 5.32 Å². The maximum Gasteiger partial charge on any atom is 0.289 e. The van der Waals surface area contributed by atoms with Crippen molar-refractivity contribution >= 4 is 12.0 Å². The lowest BCUT2D eigenvalue weighted by atomic mass is 9.87. The van der Waals surface area contributed by atoms with Gasteiger partial charge in [-0.1, -0.05) is 64.8 Å². The van der Waals surface area contributed by atoms with Crippen LogP contribution in [0, 0.1) is 0 Å². The van der Waals surface area contributed by atoms with E-state index in [0.29, 0.717) is 5.76 Å². The minimum atomic E-state index is -0.167. The summed E-state index contributed by atoms with van der Waals surface area (Å²) >= 11 is 0. The molecule has 1 aliphatic rings. The largest absolute Gasteiger partial charge is 0.465 e. The van der Waals surface area contributed by atoms with Gasteiger partial charge in [0.25, 0.3) is 5.91 Å². The number of nitrogens with one attached hydrogen (secondary N) is 1. The van der Waals surface area contributed by atoms with Crippen LogP contribution in [0.1, 0.15) is 64.5 Å². The Labute approximate surface area is 133 Å². The zero-order valence-corrected chi connectivity index (χ0v) is 14.1. The maximum atomic E-state index is 11.9. The van der Waals surface area contributed by atoms with E-state index >= 15 is 0 Å². The summed E-state index contributed by atoms with van der Waals surface area (Å²) in [6, 6.07) is 8.29. The van der Waals surface area contributed by atoms with Gasteiger partial charge in [-0.05, 0) is 29.0 Å². The quantitative estimate of drug-likeness (QED) is 0.647. The highest BCUT2D eigenvalue weighted by atomic mass is 16.5. The van der Waals surface area contributed by atoms with E-state index in [0.717, 1.165) is 18.4 Å². The molecule has 1 aliphatic heterocycles. The molecular formula is C19H27NO2. The molecule has 120 valence electrons. The zero-order valence-electron chi connectivity index (χ0n) is 14.1. The second-order valence-electron chi connectivity index (χ2n) is 6.96. The van der Waals surface area contributed by atoms with Crippen LogP contribution >= 0.6 is 0 Å². The lowest BCUT2D eigenvalue weighted by Crippen LogP contribution is -2.25. The van der Waals surface area contributed by atoms with Crippen molar-refractivity contribution in [2.75, 3.05) is 0 Å². The molecule has 0 aromatic heterocycles. The number of rotatable bonds is 5. The molecule has 1 fully saturated rings. The van der Waals surface area contributed by atoms with Gasteiger partial charge in [0.05, 0.1) is 0 Å². The predicted octanol–water partition coefficient (Wildman–Crippen LogP) is 4.38. The van der Waals surface area contributed by atoms with Crippen molar-refractivity contribution in [3.8, 4) is 0 Å². The van der Waals surface area contributed by atoms with E-state index in [1.807, 2.05) is 18.2 Å². The molecule has 1 N–H and O–H groups in total. The second kappa shape index (κ2) is 6.99. The van der Waals surface area contributed by atoms with Gasteiger partial charge in [-0.2, -0.15) is 0 Å². The van der Waals surface area contributed by atoms with Crippen LogP contribution in [0.15, 0.2) is 30.0 Å². The van der Waals surface area contributed by atoms with Gasteiger partial charge in [0, 0.05) is 6.42 Å². The van der Waals surface area contributed by atoms with E-state index in [1.165, 1.54) is 18.4 Å². The van der Waals surface area contributed by atoms with Gasteiger partial charge in [0.15, 0.2) is 12.0 Å². The molecule has 1 saturated heterocycles. The number of unbranched alkanes of at least 4 members (excludes halogenated alkanes) is 2. The molecule has 3 nitrogen and oxygen atoms in total. The number of carbonyl (C=O) groups excluding carboxylic acids is 1. The second-order valence-corrected chi connectivity index (χ2v) is 6.96. The first-order chi connectivity index (χ1) is 10.4. The predicted molar refractivity (Wildman–Crippen MR) is 90.3 cm³/mol. The fourth-order valence-corrected chi connectivity index (χ4v) is 2.49. The third kappa shape index (κ3) is 4.36. The Morgan fingerprint density at radius 2 is 1.86 bits per heavy atom. The van der Waals surface area contributed by atoms with E-state index in [4.69, 9.17) is 4.74 Å². The molecule has 0 aliphatic carbocycles. The highest BCUT2D eigenvalue weighted by molar-refractivity contribution is 5.97. The van der Waals surface area contributed by atoms with E-state index in [-0.39, 0.29) is 17.6 Å². The van der Waals surface area contributed by atoms with Gasteiger partial charge in [-0.25, -0.2) is 0 Å². The molecule has 2 rings (SSSR count). The minimum Gasteiger partial charge on any atom is -0.465 e. The Morgan fingerprint density at radius 1 is 1.18 bits per heavy atom. The van der Waals surface area contributed by atoms with Crippen LogP contribution in [0.3, 0.4) is 0 Å². The van der Waals surface area contributed by atoms with E-state index in [2.05, 4.69) is 45.1 Å². The van der Waals surface area contributed by atoms with Crippen LogP contribution in [0.2, 0.25) is 0 Å². The molecule has 0 bridgehead atoms. The monoisotopic (exact) mass is 301 g/mol. The first-order valence-corrected chi connectivity index (χ1v) is 8.20. The number of benzene rings is 1. The summed E-state index contributed by atoms with van der Waals surface area (Å²) in [5, 5.41) is 2.89. The SMILES string of the molecule is CCCCCC1NC(=O)/C(=C/c2ccc(C(C)(C)C)cc2)O1. The number of ether oxygens (including phenoxy) is 1. The summed E-state index contributed by atoms with van der Waals surface area (Å²) in [7, 11) is 0. The Hall–Kier alpha value is -1.77. The molecule has 0 spiro atoms. The molecule has 1 aromatic carbocycles. The number of hydrogen-bond donors (Lipinski definition) is 1. The van der Waals surface area contributed by atoms with Crippen molar-refractivity contribution in [3.05, 3.63) is 41.2 Å². The average molecular weight is 301 g/mol. The van der Waals surface area contributed by atoms with Crippen LogP contribution in [-0.2, 0) is 14.9 Å². The van der Waals surface area contributed by atoms with E-state index in [1.54, 1.807) is 0 Å². The highest BCUT2D eigenvalue weighted by Gasteiger charge is 2.27. The number of amides is 1. The maximum absolute atomic E-state index is 11.9. The topological polar surface area (TPSA) is 38.3 Å². The summed E-state index contributed by atoms with van der Waals surface area (Å²) in [5.41, 5.74) is 2.41. The van der Waals surface area contributed by atoms with Crippen molar-refractivity contribution in [1.29, 1.82) is 0 Å². The van der Waals surface area contributed by atoms with Crippen molar-refractivity contribution in [2.45, 2.75) is 65.0 Å². The van der Waals surface area contributed by atoms with Gasteiger partial charge in [0.1, 0.15) is 0 Å². The van der Waals surface area contributed by atoms with Crippen molar-refractivity contribution in [3.63, 3.8) is 0 Å². The van der Waals surface area contributed by atoms with Crippen molar-refractivity contribution in [2.24, 2.45) is 0 Å². The highest BCUT2D eigenvalue weighted by Crippen LogP contribution is 2.24. The fourth-order valence-electron chi connectivity index (χ4n) is 2.49. The van der Waals surface area contributed by atoms with Gasteiger partial charge < -0.3 is 10.1 Å². The summed E-state index contributed by atoms with van der Waals surface area (Å²) in [6.07, 6.45) is 5.95. The van der Waals surface area contributed by atoms with Crippen LogP contribution < -0.4 is 5.32 Å². The first kappa shape index (κ1) is 16.6. The molecule has 1 unspecified atom stereocenters. The summed E-state index contributed by atoms with van der Waals surface area (Å²) in [4.78, 5) is 11.9. The minimum absolute atomic E-state index is 0.110. The summed E-state index contributed by atoms with van der Waals surface area (Å²) in [5.74, 6) is 0.311. The number of hydrogen-bond acceptors (Lipinski definition) is 2. The Kier molecular flexibility index (Phi) is 5.28. The van der Waals surface area contributed by atoms with E-state index in [9.17, 15) is 4.79 Å². The Bertz CT molecular complexity index is 538. The van der Waals surface area contributed by atoms with Crippen LogP contribution in [0.4, 0.5) is 0 Å². The van der Waals surface area contributed by atoms with Gasteiger partial charge in [-0.3, -0.25) is 4.79 Å². The lowest BCUT2D eigenvalue weighted by Gasteiger charge is -2.18. The van der Waals surface area contributed by atoms with Crippen molar-refractivity contribution < 1.29 is 9.53 Å². The average Bonchev–Trinajstić information content (AvgIpc) is 2.79. The third-order valence-corrected chi connectivity index (χ3v) is 3.93. The first-order valence-electron chi connectivity index (χ1n) is 8.20. The summed E-state index contributed by atoms with van der Waals surface area (Å²) in [6.45, 7) is 8.74. The zero-order chi connectivity index (χ0) is 16.2. The van der Waals surface area contributed by atoms with Crippen LogP contribution in [0.25, 0.3) is 6.08 Å². The smallest absolute Gasteiger partial charge is 0.289 e.